The van der Waals surface area contributed by atoms with Gasteiger partial charge < -0.3 is 9.15 Å². The van der Waals surface area contributed by atoms with E-state index in [1.54, 1.807) is 84.9 Å². The van der Waals surface area contributed by atoms with Gasteiger partial charge in [-0.3, -0.25) is 0 Å². The average molecular weight is 991 g/mol. The van der Waals surface area contributed by atoms with Gasteiger partial charge >= 0.3 is 0 Å². The van der Waals surface area contributed by atoms with E-state index in [4.69, 9.17) is 9.15 Å². The minimum absolute atomic E-state index is 0. The Kier molecular flexibility index (Phi) is 14.9. The van der Waals surface area contributed by atoms with E-state index in [1.165, 1.54) is 28.1 Å². The van der Waals surface area contributed by atoms with Gasteiger partial charge in [0.15, 0.2) is 0 Å². The molecule has 0 aliphatic carbocycles. The zero-order chi connectivity index (χ0) is 43.8. The molecule has 1 aromatic heterocycles. The molecule has 9 rings (SSSR count). The van der Waals surface area contributed by atoms with E-state index in [9.17, 15) is 16.8 Å². The van der Waals surface area contributed by atoms with E-state index < -0.39 is 33.7 Å². The van der Waals surface area contributed by atoms with Crippen molar-refractivity contribution >= 4 is 55.3 Å². The monoisotopic (exact) mass is 990 g/mol. The van der Waals surface area contributed by atoms with Crippen molar-refractivity contribution in [3.8, 4) is 11.3 Å². The van der Waals surface area contributed by atoms with Crippen LogP contribution in [0, 0.1) is 19.9 Å². The van der Waals surface area contributed by atoms with Crippen LogP contribution in [-0.2, 0) is 44.8 Å². The summed E-state index contributed by atoms with van der Waals surface area (Å²) >= 11 is 0. The second-order valence-corrected chi connectivity index (χ2v) is 21.4. The van der Waals surface area contributed by atoms with Gasteiger partial charge in [-0.2, -0.15) is 6.08 Å². The minimum atomic E-state index is -3.92. The summed E-state index contributed by atoms with van der Waals surface area (Å²) in [5, 5.41) is 4.31. The van der Waals surface area contributed by atoms with Crippen LogP contribution in [0.15, 0.2) is 230 Å². The second kappa shape index (κ2) is 20.7. The zero-order valence-electron chi connectivity index (χ0n) is 35.1. The number of sulfone groups is 2. The first kappa shape index (κ1) is 46.1. The normalized spacial score (nSPS) is 13.8. The number of furan rings is 1. The van der Waals surface area contributed by atoms with E-state index in [0.29, 0.717) is 11.1 Å². The maximum Gasteiger partial charge on any atom is 0.208 e. The van der Waals surface area contributed by atoms with E-state index >= 15 is 0 Å². The van der Waals surface area contributed by atoms with Crippen LogP contribution < -0.4 is 15.9 Å². The largest absolute Gasteiger partial charge is 0.544 e. The number of ether oxygens (including phenoxy) is 1. The van der Waals surface area contributed by atoms with Crippen molar-refractivity contribution in [2.75, 3.05) is 0 Å². The number of hydrogen-bond donors (Lipinski definition) is 0. The topological polar surface area (TPSA) is 90.7 Å². The van der Waals surface area contributed by atoms with Crippen molar-refractivity contribution < 1.29 is 46.4 Å². The van der Waals surface area contributed by atoms with Gasteiger partial charge in [0.2, 0.25) is 19.7 Å². The van der Waals surface area contributed by atoms with Gasteiger partial charge in [-0.25, -0.2) is 22.9 Å². The van der Waals surface area contributed by atoms with Gasteiger partial charge in [-0.15, -0.1) is 0 Å². The molecule has 0 bridgehead atoms. The number of hydrogen-bond acceptors (Lipinski definition) is 6. The van der Waals surface area contributed by atoms with E-state index in [-0.39, 0.29) is 63.7 Å². The molecule has 1 atom stereocenters. The molecular formula is C54H45O6PPdS2. The molecule has 324 valence electrons. The smallest absolute Gasteiger partial charge is 0.208 e. The average Bonchev–Trinajstić information content (AvgIpc) is 3.97. The summed E-state index contributed by atoms with van der Waals surface area (Å²) in [4.78, 5) is 0.524. The van der Waals surface area contributed by atoms with E-state index in [2.05, 4.69) is 97.1 Å². The summed E-state index contributed by atoms with van der Waals surface area (Å²) in [6, 6.07) is 65.4. The maximum absolute atomic E-state index is 13.8. The van der Waals surface area contributed by atoms with Crippen molar-refractivity contribution in [2.24, 2.45) is 0 Å². The molecule has 6 nitrogen and oxygen atoms in total. The molecule has 1 aliphatic rings. The van der Waals surface area contributed by atoms with Crippen LogP contribution in [0.3, 0.4) is 0 Å². The summed E-state index contributed by atoms with van der Waals surface area (Å²) in [6.45, 7) is 3.79. The van der Waals surface area contributed by atoms with Gasteiger partial charge in [0.05, 0.1) is 33.6 Å². The number of rotatable bonds is 11. The van der Waals surface area contributed by atoms with Crippen molar-refractivity contribution in [2.45, 2.75) is 41.1 Å². The van der Waals surface area contributed by atoms with Crippen LogP contribution in [-0.4, -0.2) is 22.9 Å². The molecule has 0 radical (unpaired) electrons. The number of aryl methyl sites for hydroxylation is 2. The Hall–Kier alpha value is -5.91. The van der Waals surface area contributed by atoms with Crippen molar-refractivity contribution in [1.82, 2.24) is 0 Å². The minimum Gasteiger partial charge on any atom is -0.544 e. The summed E-state index contributed by atoms with van der Waals surface area (Å²) in [5.74, 6) is 0.718. The van der Waals surface area contributed by atoms with Gasteiger partial charge in [0, 0.05) is 38.0 Å². The van der Waals surface area contributed by atoms with Gasteiger partial charge in [0.25, 0.3) is 0 Å². The molecule has 10 heteroatoms. The molecule has 8 aromatic rings. The van der Waals surface area contributed by atoms with Crippen LogP contribution in [0.4, 0.5) is 0 Å². The first-order valence-electron chi connectivity index (χ1n) is 20.5. The molecular weight excluding hydrogens is 946 g/mol. The summed E-state index contributed by atoms with van der Waals surface area (Å²) in [5.41, 5.74) is 3.14. The molecule has 0 fully saturated rings. The Bertz CT molecular complexity index is 2970. The molecule has 0 saturated carbocycles. The summed E-state index contributed by atoms with van der Waals surface area (Å²) in [7, 11) is -8.66. The quantitative estimate of drug-likeness (QED) is 0.0728. The Morgan fingerprint density at radius 2 is 0.938 bits per heavy atom. The van der Waals surface area contributed by atoms with Gasteiger partial charge in [-0.05, 0) is 80.3 Å². The Balaban J connectivity index is 0.000000255. The zero-order valence-corrected chi connectivity index (χ0v) is 39.3. The van der Waals surface area contributed by atoms with E-state index in [1.807, 2.05) is 38.1 Å². The molecule has 0 N–H and O–H groups in total. The molecule has 2 heterocycles. The maximum atomic E-state index is 13.8. The van der Waals surface area contributed by atoms with Crippen LogP contribution in [0.2, 0.25) is 0 Å². The Labute approximate surface area is 391 Å². The fourth-order valence-electron chi connectivity index (χ4n) is 7.30. The van der Waals surface area contributed by atoms with Crippen molar-refractivity contribution in [1.29, 1.82) is 0 Å². The molecule has 1 unspecified atom stereocenters. The molecule has 0 spiro atoms. The molecule has 0 amide bonds. The predicted molar refractivity (Wildman–Crippen MR) is 256 cm³/mol. The van der Waals surface area contributed by atoms with Crippen LogP contribution in [0.1, 0.15) is 28.9 Å². The van der Waals surface area contributed by atoms with Gasteiger partial charge in [0.1, 0.15) is 27.4 Å². The molecule has 64 heavy (non-hydrogen) atoms. The fraction of sp³-hybridized carbons (Fsp3) is 0.0741. The number of benzene rings is 7. The fourth-order valence-corrected chi connectivity index (χ4v) is 12.9. The van der Waals surface area contributed by atoms with Crippen LogP contribution in [0.5, 0.6) is 0 Å². The SMILES string of the molecule is Cc1ccc(S(=O)(=O)C2=C(c3ccccc3)OC([C-]=Cc3cc(S(=O)(=O)c4ccc(C)cc4)c(-c4ccccc4)o3)C2)cc1.[Pd].c1ccc([PH+](c2ccccc2)c2ccccc2)cc1. The molecule has 0 saturated heterocycles. The Morgan fingerprint density at radius 3 is 1.39 bits per heavy atom. The van der Waals surface area contributed by atoms with E-state index in [0.717, 1.165) is 11.1 Å². The standard InChI is InChI=1S/C36H29O6S2.C18H15P.Pd/c1-25-13-19-31(20-14-25)43(37,38)33-23-29(41-35(33)27-9-5-3-6-10-27)17-18-30-24-34(36(42-30)28-11-7-4-8-12-28)44(39,40)32-21-15-26(2)16-22-32;1-4-10-16(11-5-1)19(17-12-6-2-7-13-17)18-14-8-3-9-15-18;/h3-17,19-23,30H,24H2,1-2H3;1-15H;/q-1;;/p+1. The van der Waals surface area contributed by atoms with Gasteiger partial charge in [-0.1, -0.05) is 157 Å². The van der Waals surface area contributed by atoms with Crippen molar-refractivity contribution in [3.63, 3.8) is 0 Å². The van der Waals surface area contributed by atoms with Crippen LogP contribution in [0.25, 0.3) is 23.2 Å². The molecule has 7 aromatic carbocycles. The van der Waals surface area contributed by atoms with Crippen molar-refractivity contribution in [3.05, 3.63) is 240 Å². The second-order valence-electron chi connectivity index (χ2n) is 15.1. The first-order valence-corrected chi connectivity index (χ1v) is 24.9. The first-order chi connectivity index (χ1) is 30.6. The third-order valence-corrected chi connectivity index (χ3v) is 16.9. The third-order valence-electron chi connectivity index (χ3n) is 10.5. The summed E-state index contributed by atoms with van der Waals surface area (Å²) < 4.78 is 67.3. The third kappa shape index (κ3) is 10.5. The van der Waals surface area contributed by atoms with Crippen LogP contribution >= 0.6 is 7.92 Å². The molecule has 1 aliphatic heterocycles. The summed E-state index contributed by atoms with van der Waals surface area (Å²) in [6.07, 6.45) is 3.92. The Morgan fingerprint density at radius 1 is 0.531 bits per heavy atom. The predicted octanol–water partition coefficient (Wildman–Crippen LogP) is 11.0.